The average Bonchev–Trinajstić information content (AvgIpc) is 3.04. The van der Waals surface area contributed by atoms with Gasteiger partial charge < -0.3 is 20.7 Å². The molecule has 0 aromatic carbocycles. The number of nitrogens with one attached hydrogen (secondary N) is 3. The lowest BCUT2D eigenvalue weighted by atomic mass is 10.2. The number of nitrogens with zero attached hydrogens (tertiary/aromatic N) is 2. The topological polar surface area (TPSA) is 87.6 Å². The van der Waals surface area contributed by atoms with Gasteiger partial charge in [-0.15, -0.1) is 24.0 Å². The Morgan fingerprint density at radius 2 is 2.35 bits per heavy atom. The van der Waals surface area contributed by atoms with Gasteiger partial charge in [-0.1, -0.05) is 0 Å². The van der Waals surface area contributed by atoms with Crippen LogP contribution in [-0.4, -0.2) is 49.2 Å². The molecule has 1 atom stereocenters. The zero-order valence-corrected chi connectivity index (χ0v) is 15.6. The molecule has 1 aromatic heterocycles. The Bertz CT molecular complexity index is 492. The Hall–Kier alpha value is -1.42. The third-order valence-electron chi connectivity index (χ3n) is 3.19. The molecule has 1 unspecified atom stereocenters. The Labute approximate surface area is 153 Å². The molecule has 128 valence electrons. The molecule has 0 radical (unpaired) electrons. The predicted molar refractivity (Wildman–Crippen MR) is 101 cm³/mol. The molecule has 1 aromatic rings. The standard InChI is InChI=1S/C15H23N5O2.HI/c1-2-17-15(18-10-13-6-4-8-22-13)19-11-14(21)20-12-5-3-7-16-9-12;/h3,5,7,9,13H,2,4,6,8,10-11H2,1H3,(H,20,21)(H2,17,18,19);1H. The molecule has 0 aliphatic carbocycles. The Kier molecular flexibility index (Phi) is 9.53. The van der Waals surface area contributed by atoms with E-state index in [9.17, 15) is 4.79 Å². The van der Waals surface area contributed by atoms with Crippen molar-refractivity contribution < 1.29 is 9.53 Å². The minimum Gasteiger partial charge on any atom is -0.376 e. The molecule has 1 aliphatic heterocycles. The number of halogens is 1. The van der Waals surface area contributed by atoms with Crippen molar-refractivity contribution in [3.63, 3.8) is 0 Å². The van der Waals surface area contributed by atoms with Gasteiger partial charge in [0.1, 0.15) is 6.54 Å². The molecule has 0 saturated carbocycles. The second-order valence-corrected chi connectivity index (χ2v) is 5.00. The number of carbonyl (C=O) groups excluding carboxylic acids is 1. The molecule has 0 spiro atoms. The summed E-state index contributed by atoms with van der Waals surface area (Å²) in [6, 6.07) is 3.56. The van der Waals surface area contributed by atoms with Gasteiger partial charge in [-0.3, -0.25) is 9.78 Å². The van der Waals surface area contributed by atoms with Crippen molar-refractivity contribution in [1.29, 1.82) is 0 Å². The number of aliphatic imine (C=N–C) groups is 1. The number of hydrogen-bond acceptors (Lipinski definition) is 4. The van der Waals surface area contributed by atoms with Gasteiger partial charge in [0.15, 0.2) is 5.96 Å². The van der Waals surface area contributed by atoms with Gasteiger partial charge >= 0.3 is 0 Å². The second-order valence-electron chi connectivity index (χ2n) is 5.00. The zero-order valence-electron chi connectivity index (χ0n) is 13.2. The van der Waals surface area contributed by atoms with E-state index in [1.807, 2.05) is 6.92 Å². The van der Waals surface area contributed by atoms with Crippen LogP contribution in [0.5, 0.6) is 0 Å². The first-order valence-electron chi connectivity index (χ1n) is 7.61. The molecular formula is C15H24IN5O2. The molecule has 1 saturated heterocycles. The van der Waals surface area contributed by atoms with Crippen LogP contribution in [0.2, 0.25) is 0 Å². The Morgan fingerprint density at radius 1 is 1.48 bits per heavy atom. The summed E-state index contributed by atoms with van der Waals surface area (Å²) in [4.78, 5) is 20.1. The summed E-state index contributed by atoms with van der Waals surface area (Å²) < 4.78 is 5.55. The summed E-state index contributed by atoms with van der Waals surface area (Å²) in [5, 5.41) is 9.07. The maximum atomic E-state index is 11.9. The van der Waals surface area contributed by atoms with Crippen molar-refractivity contribution in [2.24, 2.45) is 4.99 Å². The number of hydrogen-bond donors (Lipinski definition) is 3. The summed E-state index contributed by atoms with van der Waals surface area (Å²) in [5.74, 6) is 0.446. The quantitative estimate of drug-likeness (QED) is 0.359. The van der Waals surface area contributed by atoms with E-state index in [0.29, 0.717) is 18.2 Å². The fourth-order valence-corrected chi connectivity index (χ4v) is 2.15. The summed E-state index contributed by atoms with van der Waals surface area (Å²) in [5.41, 5.74) is 0.667. The van der Waals surface area contributed by atoms with Crippen molar-refractivity contribution in [3.05, 3.63) is 24.5 Å². The van der Waals surface area contributed by atoms with Gasteiger partial charge in [-0.25, -0.2) is 4.99 Å². The molecule has 2 heterocycles. The molecule has 7 nitrogen and oxygen atoms in total. The maximum Gasteiger partial charge on any atom is 0.246 e. The smallest absolute Gasteiger partial charge is 0.246 e. The highest BCUT2D eigenvalue weighted by molar-refractivity contribution is 14.0. The SMILES string of the molecule is CCNC(=NCC(=O)Nc1cccnc1)NCC1CCCO1.I. The monoisotopic (exact) mass is 433 g/mol. The van der Waals surface area contributed by atoms with Crippen molar-refractivity contribution in [2.75, 3.05) is 31.6 Å². The summed E-state index contributed by atoms with van der Waals surface area (Å²) in [6.07, 6.45) is 5.66. The number of ether oxygens (including phenoxy) is 1. The summed E-state index contributed by atoms with van der Waals surface area (Å²) in [6.45, 7) is 4.31. The lowest BCUT2D eigenvalue weighted by Crippen LogP contribution is -2.41. The number of pyridine rings is 1. The molecule has 1 amide bonds. The first-order chi connectivity index (χ1) is 10.8. The van der Waals surface area contributed by atoms with Crippen LogP contribution in [0.3, 0.4) is 0 Å². The fourth-order valence-electron chi connectivity index (χ4n) is 2.15. The highest BCUT2D eigenvalue weighted by Crippen LogP contribution is 2.10. The highest BCUT2D eigenvalue weighted by atomic mass is 127. The largest absolute Gasteiger partial charge is 0.376 e. The van der Waals surface area contributed by atoms with E-state index in [0.717, 1.165) is 26.0 Å². The molecule has 23 heavy (non-hydrogen) atoms. The number of aromatic nitrogens is 1. The lowest BCUT2D eigenvalue weighted by Gasteiger charge is -2.14. The summed E-state index contributed by atoms with van der Waals surface area (Å²) in [7, 11) is 0. The van der Waals surface area contributed by atoms with E-state index >= 15 is 0 Å². The highest BCUT2D eigenvalue weighted by Gasteiger charge is 2.15. The minimum absolute atomic E-state index is 0. The first kappa shape index (κ1) is 19.6. The molecule has 2 rings (SSSR count). The molecule has 1 aliphatic rings. The van der Waals surface area contributed by atoms with Crippen LogP contribution in [0.25, 0.3) is 0 Å². The normalized spacial score (nSPS) is 17.3. The van der Waals surface area contributed by atoms with Crippen LogP contribution in [0, 0.1) is 0 Å². The van der Waals surface area contributed by atoms with Gasteiger partial charge in [0, 0.05) is 25.9 Å². The van der Waals surface area contributed by atoms with E-state index in [1.165, 1.54) is 0 Å². The minimum atomic E-state index is -0.178. The van der Waals surface area contributed by atoms with Crippen molar-refractivity contribution in [3.8, 4) is 0 Å². The third-order valence-corrected chi connectivity index (χ3v) is 3.19. The van der Waals surface area contributed by atoms with E-state index in [1.54, 1.807) is 24.5 Å². The average molecular weight is 433 g/mol. The van der Waals surface area contributed by atoms with E-state index in [4.69, 9.17) is 4.74 Å². The summed E-state index contributed by atoms with van der Waals surface area (Å²) >= 11 is 0. The Morgan fingerprint density at radius 3 is 3.00 bits per heavy atom. The number of guanidine groups is 1. The predicted octanol–water partition coefficient (Wildman–Crippen LogP) is 1.37. The second kappa shape index (κ2) is 11.2. The van der Waals surface area contributed by atoms with Gasteiger partial charge in [0.2, 0.25) is 5.91 Å². The van der Waals surface area contributed by atoms with Crippen LogP contribution >= 0.6 is 24.0 Å². The van der Waals surface area contributed by atoms with Crippen LogP contribution in [0.4, 0.5) is 5.69 Å². The van der Waals surface area contributed by atoms with Gasteiger partial charge in [0.25, 0.3) is 0 Å². The molecule has 3 N–H and O–H groups in total. The van der Waals surface area contributed by atoms with Crippen LogP contribution in [-0.2, 0) is 9.53 Å². The number of amides is 1. The third kappa shape index (κ3) is 7.60. The number of anilines is 1. The number of rotatable bonds is 6. The van der Waals surface area contributed by atoms with E-state index < -0.39 is 0 Å². The van der Waals surface area contributed by atoms with Gasteiger partial charge in [-0.05, 0) is 31.9 Å². The van der Waals surface area contributed by atoms with Crippen molar-refractivity contribution in [1.82, 2.24) is 15.6 Å². The van der Waals surface area contributed by atoms with Gasteiger partial charge in [-0.2, -0.15) is 0 Å². The first-order valence-corrected chi connectivity index (χ1v) is 7.61. The van der Waals surface area contributed by atoms with Crippen molar-refractivity contribution in [2.45, 2.75) is 25.9 Å². The van der Waals surface area contributed by atoms with Crippen LogP contribution in [0.1, 0.15) is 19.8 Å². The molecular weight excluding hydrogens is 409 g/mol. The molecule has 1 fully saturated rings. The zero-order chi connectivity index (χ0) is 15.6. The molecule has 8 heteroatoms. The fraction of sp³-hybridized carbons (Fsp3) is 0.533. The van der Waals surface area contributed by atoms with Crippen LogP contribution < -0.4 is 16.0 Å². The lowest BCUT2D eigenvalue weighted by molar-refractivity contribution is -0.114. The van der Waals surface area contributed by atoms with Crippen LogP contribution in [0.15, 0.2) is 29.5 Å². The van der Waals surface area contributed by atoms with Gasteiger partial charge in [0.05, 0.1) is 18.0 Å². The van der Waals surface area contributed by atoms with E-state index in [2.05, 4.69) is 25.9 Å². The maximum absolute atomic E-state index is 11.9. The Balaban J connectivity index is 0.00000264. The molecule has 0 bridgehead atoms. The van der Waals surface area contributed by atoms with E-state index in [-0.39, 0.29) is 42.5 Å². The number of carbonyl (C=O) groups is 1. The van der Waals surface area contributed by atoms with Crippen molar-refractivity contribution >= 4 is 41.5 Å².